The molecule has 0 aliphatic carbocycles. The Labute approximate surface area is 148 Å². The number of ether oxygens (including phenoxy) is 1. The minimum absolute atomic E-state index is 0.295. The molecule has 2 N–H and O–H groups in total. The molecule has 134 valence electrons. The molecule has 0 saturated carbocycles. The number of carbonyl (C=O) groups excluding carboxylic acids is 1. The van der Waals surface area contributed by atoms with Crippen LogP contribution in [0.15, 0.2) is 52.3 Å². The average molecular weight is 354 g/mol. The van der Waals surface area contributed by atoms with Crippen molar-refractivity contribution in [1.82, 2.24) is 14.1 Å². The maximum Gasteiger partial charge on any atom is 0.335 e. The van der Waals surface area contributed by atoms with Crippen LogP contribution in [0.3, 0.4) is 0 Å². The van der Waals surface area contributed by atoms with Gasteiger partial charge in [-0.15, -0.1) is 0 Å². The third-order valence-corrected chi connectivity index (χ3v) is 4.23. The summed E-state index contributed by atoms with van der Waals surface area (Å²) < 4.78 is 7.09. The van der Waals surface area contributed by atoms with E-state index in [-0.39, 0.29) is 0 Å². The molecular formula is C18H18N4O4. The highest BCUT2D eigenvalue weighted by Crippen LogP contribution is 2.11. The molecule has 1 aromatic carbocycles. The Morgan fingerprint density at radius 2 is 1.92 bits per heavy atom. The Balaban J connectivity index is 2.04. The van der Waals surface area contributed by atoms with Crippen molar-refractivity contribution < 1.29 is 9.53 Å². The predicted octanol–water partition coefficient (Wildman–Crippen LogP) is 0.127. The first-order valence-corrected chi connectivity index (χ1v) is 7.92. The number of carbonyl (C=O) groups is 1. The van der Waals surface area contributed by atoms with Gasteiger partial charge < -0.3 is 10.5 Å². The number of methoxy groups -OCH3 is 1. The molecule has 3 aromatic rings. The van der Waals surface area contributed by atoms with Gasteiger partial charge in [0, 0.05) is 13.2 Å². The van der Waals surface area contributed by atoms with Gasteiger partial charge in [0.1, 0.15) is 6.04 Å². The van der Waals surface area contributed by atoms with E-state index < -0.39 is 23.3 Å². The summed E-state index contributed by atoms with van der Waals surface area (Å²) in [5.74, 6) is -0.498. The minimum Gasteiger partial charge on any atom is -0.468 e. The highest BCUT2D eigenvalue weighted by molar-refractivity contribution is 5.77. The number of nitrogens with zero attached hydrogens (tertiary/aromatic N) is 3. The zero-order valence-electron chi connectivity index (χ0n) is 14.4. The van der Waals surface area contributed by atoms with E-state index in [1.807, 2.05) is 0 Å². The molecule has 0 radical (unpaired) electrons. The third kappa shape index (κ3) is 3.02. The van der Waals surface area contributed by atoms with E-state index in [4.69, 9.17) is 5.73 Å². The molecule has 0 unspecified atom stereocenters. The molecule has 0 fully saturated rings. The molecule has 0 aliphatic rings. The highest BCUT2D eigenvalue weighted by Gasteiger charge is 2.15. The van der Waals surface area contributed by atoms with E-state index in [1.165, 1.54) is 24.1 Å². The summed E-state index contributed by atoms with van der Waals surface area (Å²) in [4.78, 5) is 40.7. The van der Waals surface area contributed by atoms with E-state index in [0.29, 0.717) is 23.0 Å². The highest BCUT2D eigenvalue weighted by atomic mass is 16.5. The van der Waals surface area contributed by atoms with Crippen molar-refractivity contribution in [3.8, 4) is 5.69 Å². The van der Waals surface area contributed by atoms with Crippen molar-refractivity contribution in [2.45, 2.75) is 12.5 Å². The second-order valence-corrected chi connectivity index (χ2v) is 5.88. The lowest BCUT2D eigenvalue weighted by Gasteiger charge is -2.12. The van der Waals surface area contributed by atoms with Crippen molar-refractivity contribution in [1.29, 1.82) is 0 Å². The lowest BCUT2D eigenvalue weighted by molar-refractivity contribution is -0.142. The number of nitrogens with two attached hydrogens (primary N) is 1. The van der Waals surface area contributed by atoms with E-state index >= 15 is 0 Å². The zero-order valence-corrected chi connectivity index (χ0v) is 14.4. The maximum absolute atomic E-state index is 12.7. The van der Waals surface area contributed by atoms with Crippen LogP contribution in [0.1, 0.15) is 5.56 Å². The first-order chi connectivity index (χ1) is 12.4. The number of hydrogen-bond acceptors (Lipinski definition) is 6. The summed E-state index contributed by atoms with van der Waals surface area (Å²) >= 11 is 0. The van der Waals surface area contributed by atoms with E-state index in [1.54, 1.807) is 37.4 Å². The van der Waals surface area contributed by atoms with Crippen molar-refractivity contribution in [2.75, 3.05) is 7.11 Å². The van der Waals surface area contributed by atoms with Crippen molar-refractivity contribution in [3.63, 3.8) is 0 Å². The molecule has 8 heteroatoms. The van der Waals surface area contributed by atoms with Crippen LogP contribution in [0.2, 0.25) is 0 Å². The van der Waals surface area contributed by atoms with E-state index in [9.17, 15) is 14.4 Å². The summed E-state index contributed by atoms with van der Waals surface area (Å²) in [5.41, 5.74) is 6.57. The normalized spacial score (nSPS) is 12.1. The number of esters is 1. The Kier molecular flexibility index (Phi) is 4.68. The van der Waals surface area contributed by atoms with Gasteiger partial charge in [-0.3, -0.25) is 19.1 Å². The molecule has 0 amide bonds. The van der Waals surface area contributed by atoms with Gasteiger partial charge >= 0.3 is 11.7 Å². The summed E-state index contributed by atoms with van der Waals surface area (Å²) in [7, 11) is 2.87. The first kappa shape index (κ1) is 17.6. The van der Waals surface area contributed by atoms with Gasteiger partial charge in [-0.1, -0.05) is 12.1 Å². The number of aromatic nitrogens is 3. The molecule has 0 aliphatic heterocycles. The van der Waals surface area contributed by atoms with Gasteiger partial charge in [0.2, 0.25) is 0 Å². The van der Waals surface area contributed by atoms with Gasteiger partial charge in [-0.05, 0) is 30.2 Å². The van der Waals surface area contributed by atoms with Crippen LogP contribution in [0.5, 0.6) is 0 Å². The number of rotatable bonds is 4. The number of pyridine rings is 1. The molecule has 1 atom stereocenters. The summed E-state index contributed by atoms with van der Waals surface area (Å²) in [5, 5.41) is 0.402. The minimum atomic E-state index is -0.769. The fraction of sp³-hybridized carbons (Fsp3) is 0.222. The molecule has 8 nitrogen and oxygen atoms in total. The monoisotopic (exact) mass is 354 g/mol. The quantitative estimate of drug-likeness (QED) is 0.667. The Hall–Kier alpha value is -3.26. The zero-order chi connectivity index (χ0) is 18.8. The summed E-state index contributed by atoms with van der Waals surface area (Å²) in [6.45, 7) is 0. The lowest BCUT2D eigenvalue weighted by Crippen LogP contribution is -2.38. The van der Waals surface area contributed by atoms with E-state index in [2.05, 4.69) is 9.72 Å². The molecule has 26 heavy (non-hydrogen) atoms. The van der Waals surface area contributed by atoms with Crippen LogP contribution < -0.4 is 17.0 Å². The molecule has 2 heterocycles. The number of hydrogen-bond donors (Lipinski definition) is 1. The number of fused-ring (bicyclic) bond motifs is 1. The van der Waals surface area contributed by atoms with E-state index in [0.717, 1.165) is 10.1 Å². The van der Waals surface area contributed by atoms with Gasteiger partial charge in [-0.2, -0.15) is 0 Å². The molecule has 0 saturated heterocycles. The molecule has 0 bridgehead atoms. The maximum atomic E-state index is 12.7. The number of benzene rings is 1. The van der Waals surface area contributed by atoms with Crippen molar-refractivity contribution in [3.05, 3.63) is 69.1 Å². The fourth-order valence-corrected chi connectivity index (χ4v) is 2.79. The van der Waals surface area contributed by atoms with Gasteiger partial charge in [0.25, 0.3) is 5.56 Å². The molecule has 3 rings (SSSR count). The molecule has 2 aromatic heterocycles. The lowest BCUT2D eigenvalue weighted by atomic mass is 10.1. The van der Waals surface area contributed by atoms with Crippen LogP contribution in [0.4, 0.5) is 0 Å². The Morgan fingerprint density at radius 3 is 2.58 bits per heavy atom. The second kappa shape index (κ2) is 6.93. The smallest absolute Gasteiger partial charge is 0.335 e. The largest absolute Gasteiger partial charge is 0.468 e. The predicted molar refractivity (Wildman–Crippen MR) is 96.3 cm³/mol. The van der Waals surface area contributed by atoms with Crippen LogP contribution in [-0.4, -0.2) is 33.2 Å². The first-order valence-electron chi connectivity index (χ1n) is 7.92. The van der Waals surface area contributed by atoms with Crippen molar-refractivity contribution >= 4 is 16.9 Å². The van der Waals surface area contributed by atoms with Gasteiger partial charge in [0.15, 0.2) is 0 Å². The fourth-order valence-electron chi connectivity index (χ4n) is 2.79. The summed E-state index contributed by atoms with van der Waals surface area (Å²) in [6.07, 6.45) is 3.29. The van der Waals surface area contributed by atoms with Crippen LogP contribution in [-0.2, 0) is 23.0 Å². The van der Waals surface area contributed by atoms with Gasteiger partial charge in [0.05, 0.1) is 29.9 Å². The third-order valence-electron chi connectivity index (χ3n) is 4.23. The average Bonchev–Trinajstić information content (AvgIpc) is 2.67. The van der Waals surface area contributed by atoms with Gasteiger partial charge in [-0.25, -0.2) is 9.36 Å². The van der Waals surface area contributed by atoms with Crippen LogP contribution >= 0.6 is 0 Å². The molecule has 0 spiro atoms. The van der Waals surface area contributed by atoms with Crippen molar-refractivity contribution in [2.24, 2.45) is 12.8 Å². The number of aryl methyl sites for hydroxylation is 1. The topological polar surface area (TPSA) is 109 Å². The standard InChI is InChI=1S/C18H18N4O4/c1-21-15-10-20-8-7-13(15)16(23)22(18(21)25)12-5-3-11(4-6-12)9-14(19)17(24)26-2/h3-8,10,14H,9,19H2,1-2H3/t14-/m0/s1. The van der Waals surface area contributed by atoms with Crippen LogP contribution in [0, 0.1) is 0 Å². The Morgan fingerprint density at radius 1 is 1.23 bits per heavy atom. The second-order valence-electron chi connectivity index (χ2n) is 5.88. The SMILES string of the molecule is COC(=O)[C@@H](N)Cc1ccc(-n2c(=O)c3ccncc3n(C)c2=O)cc1. The molecular weight excluding hydrogens is 336 g/mol. The Bertz CT molecular complexity index is 1080. The summed E-state index contributed by atoms with van der Waals surface area (Å²) in [6, 6.07) is 7.55. The van der Waals surface area contributed by atoms with Crippen LogP contribution in [0.25, 0.3) is 16.6 Å².